The van der Waals surface area contributed by atoms with Crippen LogP contribution in [0.25, 0.3) is 10.2 Å². The fourth-order valence-corrected chi connectivity index (χ4v) is 3.73. The summed E-state index contributed by atoms with van der Waals surface area (Å²) in [6, 6.07) is 13.5. The fraction of sp³-hybridized carbons (Fsp3) is 0.125. The second kappa shape index (κ2) is 6.69. The number of aromatic nitrogens is 1. The van der Waals surface area contributed by atoms with Crippen LogP contribution >= 0.6 is 34.7 Å². The molecule has 2 aromatic carbocycles. The number of thioether (sulfide) groups is 1. The summed E-state index contributed by atoms with van der Waals surface area (Å²) in [6.45, 7) is 2.04. The van der Waals surface area contributed by atoms with E-state index in [1.807, 2.05) is 43.3 Å². The van der Waals surface area contributed by atoms with Crippen molar-refractivity contribution < 1.29 is 4.79 Å². The fourth-order valence-electron chi connectivity index (χ4n) is 1.92. The van der Waals surface area contributed by atoms with E-state index < -0.39 is 0 Å². The van der Waals surface area contributed by atoms with E-state index in [0.717, 1.165) is 15.1 Å². The maximum absolute atomic E-state index is 12.0. The first kappa shape index (κ1) is 15.3. The minimum Gasteiger partial charge on any atom is -0.301 e. The van der Waals surface area contributed by atoms with Gasteiger partial charge < -0.3 is 5.32 Å². The normalized spacial score (nSPS) is 10.8. The van der Waals surface area contributed by atoms with Crippen LogP contribution in [-0.4, -0.2) is 16.6 Å². The number of nitrogens with one attached hydrogen (secondary N) is 1. The first-order valence-corrected chi connectivity index (χ1v) is 8.83. The van der Waals surface area contributed by atoms with Crippen molar-refractivity contribution in [1.29, 1.82) is 0 Å². The molecule has 22 heavy (non-hydrogen) atoms. The first-order chi connectivity index (χ1) is 10.6. The summed E-state index contributed by atoms with van der Waals surface area (Å²) in [5, 5.41) is 4.19. The third kappa shape index (κ3) is 3.80. The third-order valence-corrected chi connectivity index (χ3v) is 5.17. The van der Waals surface area contributed by atoms with E-state index in [-0.39, 0.29) is 5.91 Å². The van der Waals surface area contributed by atoms with Crippen LogP contribution in [0.15, 0.2) is 47.4 Å². The number of nitrogens with zero attached hydrogens (tertiary/aromatic N) is 1. The van der Waals surface area contributed by atoms with Crippen molar-refractivity contribution in [3.05, 3.63) is 53.1 Å². The monoisotopic (exact) mass is 348 g/mol. The molecule has 0 spiro atoms. The zero-order valence-electron chi connectivity index (χ0n) is 11.8. The van der Waals surface area contributed by atoms with Gasteiger partial charge in [-0.1, -0.05) is 29.0 Å². The van der Waals surface area contributed by atoms with Gasteiger partial charge in [-0.25, -0.2) is 4.98 Å². The Morgan fingerprint density at radius 3 is 2.82 bits per heavy atom. The minimum atomic E-state index is -0.0595. The molecule has 0 unspecified atom stereocenters. The van der Waals surface area contributed by atoms with Crippen molar-refractivity contribution >= 4 is 56.0 Å². The summed E-state index contributed by atoms with van der Waals surface area (Å²) in [7, 11) is 0. The summed E-state index contributed by atoms with van der Waals surface area (Å²) in [6.07, 6.45) is 0. The van der Waals surface area contributed by atoms with Gasteiger partial charge in [0.25, 0.3) is 0 Å². The number of carbonyl (C=O) groups excluding carboxylic acids is 1. The molecule has 0 aliphatic heterocycles. The molecule has 1 amide bonds. The summed E-state index contributed by atoms with van der Waals surface area (Å²) in [5.74, 6) is 0.284. The third-order valence-electron chi connectivity index (χ3n) is 2.97. The molecular weight excluding hydrogens is 336 g/mol. The van der Waals surface area contributed by atoms with Gasteiger partial charge in [0.1, 0.15) is 0 Å². The largest absolute Gasteiger partial charge is 0.301 e. The Bertz CT molecular complexity index is 815. The van der Waals surface area contributed by atoms with Crippen LogP contribution in [-0.2, 0) is 4.79 Å². The highest BCUT2D eigenvalue weighted by Gasteiger charge is 2.08. The van der Waals surface area contributed by atoms with Gasteiger partial charge >= 0.3 is 0 Å². The lowest BCUT2D eigenvalue weighted by atomic mass is 10.2. The zero-order valence-corrected chi connectivity index (χ0v) is 14.2. The molecule has 1 heterocycles. The van der Waals surface area contributed by atoms with Gasteiger partial charge in [-0.2, -0.15) is 0 Å². The number of hydrogen-bond acceptors (Lipinski definition) is 4. The van der Waals surface area contributed by atoms with E-state index in [9.17, 15) is 4.79 Å². The Kier molecular flexibility index (Phi) is 4.66. The predicted octanol–water partition coefficient (Wildman–Crippen LogP) is 4.99. The average Bonchev–Trinajstić information content (AvgIpc) is 2.88. The van der Waals surface area contributed by atoms with Gasteiger partial charge in [-0.3, -0.25) is 4.79 Å². The van der Waals surface area contributed by atoms with E-state index in [1.54, 1.807) is 0 Å². The number of benzene rings is 2. The number of aryl methyl sites for hydroxylation is 1. The van der Waals surface area contributed by atoms with Crippen molar-refractivity contribution in [1.82, 2.24) is 4.98 Å². The lowest BCUT2D eigenvalue weighted by Crippen LogP contribution is -2.13. The molecule has 1 aromatic heterocycles. The molecule has 3 nitrogen and oxygen atoms in total. The molecule has 3 aromatic rings. The van der Waals surface area contributed by atoms with Crippen molar-refractivity contribution in [2.75, 3.05) is 11.1 Å². The van der Waals surface area contributed by atoms with E-state index in [0.29, 0.717) is 15.9 Å². The van der Waals surface area contributed by atoms with Gasteiger partial charge in [-0.15, -0.1) is 11.8 Å². The quantitative estimate of drug-likeness (QED) is 0.675. The van der Waals surface area contributed by atoms with Crippen LogP contribution in [0.4, 0.5) is 5.13 Å². The highest BCUT2D eigenvalue weighted by atomic mass is 35.5. The van der Waals surface area contributed by atoms with Gasteiger partial charge in [-0.05, 0) is 48.9 Å². The molecule has 0 aliphatic carbocycles. The lowest BCUT2D eigenvalue weighted by Gasteiger charge is -2.02. The number of amides is 1. The molecule has 3 rings (SSSR count). The first-order valence-electron chi connectivity index (χ1n) is 6.65. The van der Waals surface area contributed by atoms with E-state index >= 15 is 0 Å². The Balaban J connectivity index is 1.61. The van der Waals surface area contributed by atoms with Crippen LogP contribution in [0.2, 0.25) is 5.02 Å². The van der Waals surface area contributed by atoms with E-state index in [2.05, 4.69) is 16.4 Å². The molecule has 0 fully saturated rings. The number of thiazole rings is 1. The maximum Gasteiger partial charge on any atom is 0.236 e. The van der Waals surface area contributed by atoms with Gasteiger partial charge in [0, 0.05) is 9.92 Å². The highest BCUT2D eigenvalue weighted by molar-refractivity contribution is 8.00. The number of carbonyl (C=O) groups is 1. The summed E-state index contributed by atoms with van der Waals surface area (Å²) in [5.41, 5.74) is 2.10. The summed E-state index contributed by atoms with van der Waals surface area (Å²) >= 11 is 8.80. The molecule has 112 valence electrons. The Morgan fingerprint density at radius 2 is 2.05 bits per heavy atom. The molecule has 1 N–H and O–H groups in total. The van der Waals surface area contributed by atoms with Crippen molar-refractivity contribution in [2.45, 2.75) is 11.8 Å². The van der Waals surface area contributed by atoms with Crippen LogP contribution in [0, 0.1) is 6.92 Å². The SMILES string of the molecule is Cc1ccc2nc(NC(=O)CSc3ccc(Cl)cc3)sc2c1. The van der Waals surface area contributed by atoms with Crippen LogP contribution < -0.4 is 5.32 Å². The van der Waals surface area contributed by atoms with Gasteiger partial charge in [0.2, 0.25) is 5.91 Å². The second-order valence-electron chi connectivity index (χ2n) is 4.78. The molecule has 0 saturated heterocycles. The van der Waals surface area contributed by atoms with Crippen LogP contribution in [0.3, 0.4) is 0 Å². The van der Waals surface area contributed by atoms with Crippen molar-refractivity contribution in [3.63, 3.8) is 0 Å². The Hall–Kier alpha value is -1.56. The smallest absolute Gasteiger partial charge is 0.236 e. The molecule has 0 bridgehead atoms. The summed E-state index contributed by atoms with van der Waals surface area (Å²) < 4.78 is 1.08. The van der Waals surface area contributed by atoms with Crippen LogP contribution in [0.5, 0.6) is 0 Å². The maximum atomic E-state index is 12.0. The molecule has 0 aliphatic rings. The lowest BCUT2D eigenvalue weighted by molar-refractivity contribution is -0.113. The standard InChI is InChI=1S/C16H13ClN2OS2/c1-10-2-7-13-14(8-10)22-16(18-13)19-15(20)9-21-12-5-3-11(17)4-6-12/h2-8H,9H2,1H3,(H,18,19,20). The molecule has 0 radical (unpaired) electrons. The predicted molar refractivity (Wildman–Crippen MR) is 95.2 cm³/mol. The topological polar surface area (TPSA) is 42.0 Å². The zero-order chi connectivity index (χ0) is 15.5. The minimum absolute atomic E-state index is 0.0595. The number of halogens is 1. The van der Waals surface area contributed by atoms with Crippen molar-refractivity contribution in [3.8, 4) is 0 Å². The van der Waals surface area contributed by atoms with E-state index in [1.165, 1.54) is 28.7 Å². The average molecular weight is 349 g/mol. The molecule has 0 atom stereocenters. The number of fused-ring (bicyclic) bond motifs is 1. The number of hydrogen-bond donors (Lipinski definition) is 1. The van der Waals surface area contributed by atoms with Gasteiger partial charge in [0.05, 0.1) is 16.0 Å². The number of rotatable bonds is 4. The second-order valence-corrected chi connectivity index (χ2v) is 7.30. The summed E-state index contributed by atoms with van der Waals surface area (Å²) in [4.78, 5) is 17.4. The molecule has 0 saturated carbocycles. The molecule has 6 heteroatoms. The Morgan fingerprint density at radius 1 is 1.27 bits per heavy atom. The van der Waals surface area contributed by atoms with Gasteiger partial charge in [0.15, 0.2) is 5.13 Å². The highest BCUT2D eigenvalue weighted by Crippen LogP contribution is 2.27. The van der Waals surface area contributed by atoms with E-state index in [4.69, 9.17) is 11.6 Å². The number of anilines is 1. The van der Waals surface area contributed by atoms with Crippen molar-refractivity contribution in [2.24, 2.45) is 0 Å². The Labute approximate surface area is 141 Å². The van der Waals surface area contributed by atoms with Crippen LogP contribution in [0.1, 0.15) is 5.56 Å². The molecular formula is C16H13ClN2OS2.